The van der Waals surface area contributed by atoms with E-state index in [1.54, 1.807) is 12.4 Å². The van der Waals surface area contributed by atoms with Gasteiger partial charge in [0.25, 0.3) is 0 Å². The minimum absolute atomic E-state index is 0.366. The first-order chi connectivity index (χ1) is 5.84. The molecule has 1 rings (SSSR count). The highest BCUT2D eigenvalue weighted by molar-refractivity contribution is 14.1. The highest BCUT2D eigenvalue weighted by atomic mass is 127. The first-order valence-electron chi connectivity index (χ1n) is 3.42. The summed E-state index contributed by atoms with van der Waals surface area (Å²) < 4.78 is 5.59. The van der Waals surface area contributed by atoms with Crippen LogP contribution in [-0.2, 0) is 16.0 Å². The molecule has 0 aliphatic rings. The average Bonchev–Trinajstić information content (AvgIpc) is 2.09. The summed E-state index contributed by atoms with van der Waals surface area (Å²) in [6, 6.07) is 1.92. The van der Waals surface area contributed by atoms with Gasteiger partial charge in [-0.3, -0.25) is 4.98 Å². The molecule has 63 valence electrons. The van der Waals surface area contributed by atoms with Gasteiger partial charge in [0.05, 0.1) is 6.61 Å². The van der Waals surface area contributed by atoms with Crippen molar-refractivity contribution in [3.05, 3.63) is 27.6 Å². The van der Waals surface area contributed by atoms with E-state index in [4.69, 9.17) is 0 Å². The van der Waals surface area contributed by atoms with Crippen molar-refractivity contribution in [1.29, 1.82) is 0 Å². The Morgan fingerprint density at radius 1 is 1.67 bits per heavy atom. The van der Waals surface area contributed by atoms with Crippen molar-refractivity contribution < 1.29 is 9.53 Å². The number of hydrogen-bond acceptors (Lipinski definition) is 3. The highest BCUT2D eigenvalue weighted by Gasteiger charge is 1.98. The lowest BCUT2D eigenvalue weighted by Crippen LogP contribution is -1.98. The largest absolute Gasteiger partial charge is 0.457 e. The lowest BCUT2D eigenvalue weighted by molar-refractivity contribution is 0.281. The summed E-state index contributed by atoms with van der Waals surface area (Å²) in [7, 11) is 0. The molecule has 0 saturated carbocycles. The number of ether oxygens (including phenoxy) is 1. The summed E-state index contributed by atoms with van der Waals surface area (Å²) in [6.45, 7) is 1.75. The second-order valence-electron chi connectivity index (χ2n) is 2.15. The van der Waals surface area contributed by atoms with Crippen LogP contribution in [0.5, 0.6) is 0 Å². The monoisotopic (exact) mass is 276 g/mol. The third-order valence-corrected chi connectivity index (χ3v) is 2.43. The molecule has 0 atom stereocenters. The van der Waals surface area contributed by atoms with Crippen LogP contribution < -0.4 is 0 Å². The molecule has 4 heteroatoms. The van der Waals surface area contributed by atoms with Crippen LogP contribution in [0, 0.1) is 3.57 Å². The Morgan fingerprint density at radius 2 is 2.50 bits per heavy atom. The number of halogens is 1. The summed E-state index contributed by atoms with van der Waals surface area (Å²) in [5.41, 5.74) is 1.09. The Kier molecular flexibility index (Phi) is 3.99. The van der Waals surface area contributed by atoms with Crippen molar-refractivity contribution in [3.63, 3.8) is 0 Å². The van der Waals surface area contributed by atoms with E-state index in [0.29, 0.717) is 13.0 Å². The molecule has 0 bridgehead atoms. The summed E-state index contributed by atoms with van der Waals surface area (Å²) in [6.07, 6.45) is 4.20. The Balaban J connectivity index is 2.51. The van der Waals surface area contributed by atoms with E-state index >= 15 is 0 Å². The van der Waals surface area contributed by atoms with Crippen molar-refractivity contribution in [2.75, 3.05) is 6.61 Å². The average molecular weight is 276 g/mol. The molecule has 3 nitrogen and oxygen atoms in total. The van der Waals surface area contributed by atoms with Gasteiger partial charge in [0.15, 0.2) is 0 Å². The smallest absolute Gasteiger partial charge is 0.417 e. The minimum Gasteiger partial charge on any atom is -0.457 e. The zero-order chi connectivity index (χ0) is 8.81. The van der Waals surface area contributed by atoms with Gasteiger partial charge in [-0.1, -0.05) is 0 Å². The van der Waals surface area contributed by atoms with Crippen LogP contribution in [0.15, 0.2) is 18.5 Å². The number of hydrogen-bond donors (Lipinski definition) is 0. The fraction of sp³-hybridized carbons (Fsp3) is 0.250. The highest BCUT2D eigenvalue weighted by Crippen LogP contribution is 2.09. The molecule has 0 aliphatic carbocycles. The number of aromatic nitrogens is 1. The van der Waals surface area contributed by atoms with Crippen LogP contribution in [-0.4, -0.2) is 18.1 Å². The van der Waals surface area contributed by atoms with Crippen molar-refractivity contribution in [1.82, 2.24) is 4.98 Å². The lowest BCUT2D eigenvalue weighted by atomic mass is 10.2. The quantitative estimate of drug-likeness (QED) is 0.615. The standard InChI is InChI=1S/C8H7INO2/c9-8-1-3-10-5-7(8)2-4-12-6-11/h1,3,5H,2,4H2. The summed E-state index contributed by atoms with van der Waals surface area (Å²) in [5.74, 6) is 0. The molecule has 0 fully saturated rings. The van der Waals surface area contributed by atoms with Crippen LogP contribution in [0.1, 0.15) is 5.56 Å². The molecular formula is C8H7INO2. The molecule has 1 heterocycles. The van der Waals surface area contributed by atoms with Crippen LogP contribution in [0.25, 0.3) is 0 Å². The van der Waals surface area contributed by atoms with Gasteiger partial charge in [-0.25, -0.2) is 4.79 Å². The topological polar surface area (TPSA) is 39.2 Å². The Morgan fingerprint density at radius 3 is 3.17 bits per heavy atom. The molecule has 0 N–H and O–H groups in total. The zero-order valence-corrected chi connectivity index (χ0v) is 8.45. The first kappa shape index (κ1) is 9.44. The molecule has 0 unspecified atom stereocenters. The van der Waals surface area contributed by atoms with Crippen molar-refractivity contribution >= 4 is 29.1 Å². The van der Waals surface area contributed by atoms with Crippen LogP contribution in [0.2, 0.25) is 0 Å². The van der Waals surface area contributed by atoms with E-state index in [-0.39, 0.29) is 0 Å². The number of pyridine rings is 1. The van der Waals surface area contributed by atoms with Crippen molar-refractivity contribution in [3.8, 4) is 0 Å². The minimum atomic E-state index is 0.366. The number of nitrogens with zero attached hydrogens (tertiary/aromatic N) is 1. The molecule has 0 amide bonds. The zero-order valence-electron chi connectivity index (χ0n) is 6.29. The van der Waals surface area contributed by atoms with E-state index in [0.717, 1.165) is 9.13 Å². The van der Waals surface area contributed by atoms with Crippen LogP contribution >= 0.6 is 22.6 Å². The van der Waals surface area contributed by atoms with Gasteiger partial charge in [-0.2, -0.15) is 0 Å². The fourth-order valence-corrected chi connectivity index (χ4v) is 1.37. The predicted octanol–water partition coefficient (Wildman–Crippen LogP) is 1.31. The van der Waals surface area contributed by atoms with E-state index in [9.17, 15) is 4.79 Å². The molecule has 1 aromatic heterocycles. The van der Waals surface area contributed by atoms with Gasteiger partial charge < -0.3 is 4.74 Å². The third-order valence-electron chi connectivity index (χ3n) is 1.38. The Hall–Kier alpha value is -0.650. The van der Waals surface area contributed by atoms with Crippen LogP contribution in [0.3, 0.4) is 0 Å². The van der Waals surface area contributed by atoms with Crippen molar-refractivity contribution in [2.45, 2.75) is 6.42 Å². The van der Waals surface area contributed by atoms with Gasteiger partial charge in [0.2, 0.25) is 0 Å². The summed E-state index contributed by atoms with van der Waals surface area (Å²) >= 11 is 2.22. The van der Waals surface area contributed by atoms with Gasteiger partial charge >= 0.3 is 6.47 Å². The van der Waals surface area contributed by atoms with E-state index in [2.05, 4.69) is 32.3 Å². The fourth-order valence-electron chi connectivity index (χ4n) is 0.797. The summed E-state index contributed by atoms with van der Waals surface area (Å²) in [5, 5.41) is 0. The van der Waals surface area contributed by atoms with Crippen molar-refractivity contribution in [2.24, 2.45) is 0 Å². The molecule has 12 heavy (non-hydrogen) atoms. The first-order valence-corrected chi connectivity index (χ1v) is 4.50. The van der Waals surface area contributed by atoms with E-state index in [1.807, 2.05) is 6.07 Å². The molecule has 0 aromatic carbocycles. The van der Waals surface area contributed by atoms with Gasteiger partial charge in [-0.15, -0.1) is 0 Å². The maximum absolute atomic E-state index is 9.72. The molecule has 0 spiro atoms. The third kappa shape index (κ3) is 2.77. The second-order valence-corrected chi connectivity index (χ2v) is 3.31. The normalized spacial score (nSPS) is 9.42. The molecule has 0 saturated heterocycles. The van der Waals surface area contributed by atoms with Gasteiger partial charge in [0.1, 0.15) is 0 Å². The second kappa shape index (κ2) is 5.08. The SMILES string of the molecule is O=[C]OCCc1cnccc1I. The number of rotatable bonds is 4. The molecule has 1 radical (unpaired) electrons. The van der Waals surface area contributed by atoms with Gasteiger partial charge in [-0.05, 0) is 34.2 Å². The predicted molar refractivity (Wildman–Crippen MR) is 52.3 cm³/mol. The summed E-state index contributed by atoms with van der Waals surface area (Å²) in [4.78, 5) is 13.7. The van der Waals surface area contributed by atoms with Gasteiger partial charge in [0, 0.05) is 22.4 Å². The van der Waals surface area contributed by atoms with E-state index in [1.165, 1.54) is 6.47 Å². The lowest BCUT2D eigenvalue weighted by Gasteiger charge is -2.00. The molecule has 0 aliphatic heterocycles. The van der Waals surface area contributed by atoms with E-state index < -0.39 is 0 Å². The maximum Gasteiger partial charge on any atom is 0.417 e. The maximum atomic E-state index is 9.72. The number of carbonyl (C=O) groups excluding carboxylic acids is 1. The van der Waals surface area contributed by atoms with Crippen LogP contribution in [0.4, 0.5) is 0 Å². The molecular weight excluding hydrogens is 269 g/mol. The Bertz CT molecular complexity index is 265. The molecule has 1 aromatic rings. The Labute approximate surface area is 84.3 Å².